The summed E-state index contributed by atoms with van der Waals surface area (Å²) in [6, 6.07) is 5.30. The number of benzene rings is 1. The highest BCUT2D eigenvalue weighted by Crippen LogP contribution is 2.10. The Morgan fingerprint density at radius 1 is 1.40 bits per heavy atom. The zero-order chi connectivity index (χ0) is 11.0. The Morgan fingerprint density at radius 3 is 2.80 bits per heavy atom. The van der Waals surface area contributed by atoms with Gasteiger partial charge in [0.05, 0.1) is 0 Å². The summed E-state index contributed by atoms with van der Waals surface area (Å²) >= 11 is 0. The smallest absolute Gasteiger partial charge is 0.341 e. The molecule has 0 aliphatic rings. The Morgan fingerprint density at radius 2 is 2.13 bits per heavy atom. The van der Waals surface area contributed by atoms with Crippen LogP contribution in [0.5, 0.6) is 0 Å². The van der Waals surface area contributed by atoms with Crippen molar-refractivity contribution >= 4 is 16.9 Å². The molecular weight excluding hydrogens is 194 g/mol. The first-order chi connectivity index (χ1) is 7.09. The maximum absolute atomic E-state index is 11.7. The molecule has 0 radical (unpaired) electrons. The summed E-state index contributed by atoms with van der Waals surface area (Å²) in [6.45, 7) is 1.85. The van der Waals surface area contributed by atoms with Crippen molar-refractivity contribution in [3.8, 4) is 0 Å². The van der Waals surface area contributed by atoms with E-state index in [-0.39, 0.29) is 5.56 Å². The number of hydrogen-bond acceptors (Lipinski definition) is 2. The highest BCUT2D eigenvalue weighted by atomic mass is 16.4. The van der Waals surface area contributed by atoms with Gasteiger partial charge in [0, 0.05) is 17.1 Å². The molecule has 0 fully saturated rings. The SMILES string of the molecule is Cc1ccc2[nH]cc(C(=O)O)c(=O)c2c1. The van der Waals surface area contributed by atoms with E-state index in [1.165, 1.54) is 6.20 Å². The maximum Gasteiger partial charge on any atom is 0.341 e. The van der Waals surface area contributed by atoms with Crippen LogP contribution in [0, 0.1) is 6.92 Å². The van der Waals surface area contributed by atoms with E-state index in [1.54, 1.807) is 12.1 Å². The second-order valence-electron chi connectivity index (χ2n) is 3.39. The number of aromatic amines is 1. The lowest BCUT2D eigenvalue weighted by Crippen LogP contribution is -2.15. The van der Waals surface area contributed by atoms with Gasteiger partial charge in [-0.25, -0.2) is 4.79 Å². The van der Waals surface area contributed by atoms with E-state index in [2.05, 4.69) is 4.98 Å². The lowest BCUT2D eigenvalue weighted by atomic mass is 10.1. The Balaban J connectivity index is 2.89. The number of hydrogen-bond donors (Lipinski definition) is 2. The van der Waals surface area contributed by atoms with Crippen LogP contribution in [-0.2, 0) is 0 Å². The minimum atomic E-state index is -1.21. The molecule has 0 bridgehead atoms. The van der Waals surface area contributed by atoms with Gasteiger partial charge in [0.1, 0.15) is 5.56 Å². The average Bonchev–Trinajstić information content (AvgIpc) is 2.19. The largest absolute Gasteiger partial charge is 0.477 e. The third-order valence-corrected chi connectivity index (χ3v) is 2.27. The van der Waals surface area contributed by atoms with Gasteiger partial charge in [0.25, 0.3) is 0 Å². The number of carbonyl (C=O) groups is 1. The topological polar surface area (TPSA) is 70.2 Å². The van der Waals surface area contributed by atoms with E-state index in [9.17, 15) is 9.59 Å². The number of aryl methyl sites for hydroxylation is 1. The zero-order valence-electron chi connectivity index (χ0n) is 8.07. The summed E-state index contributed by atoms with van der Waals surface area (Å²) < 4.78 is 0. The second-order valence-corrected chi connectivity index (χ2v) is 3.39. The number of H-pyrrole nitrogens is 1. The maximum atomic E-state index is 11.7. The van der Waals surface area contributed by atoms with Crippen LogP contribution in [-0.4, -0.2) is 16.1 Å². The van der Waals surface area contributed by atoms with E-state index < -0.39 is 11.4 Å². The predicted molar refractivity (Wildman–Crippen MR) is 56.3 cm³/mol. The molecule has 0 saturated carbocycles. The minimum absolute atomic E-state index is 0.229. The molecule has 0 saturated heterocycles. The molecule has 4 heteroatoms. The highest BCUT2D eigenvalue weighted by Gasteiger charge is 2.10. The van der Waals surface area contributed by atoms with Gasteiger partial charge in [-0.05, 0) is 19.1 Å². The van der Waals surface area contributed by atoms with Gasteiger partial charge in [-0.2, -0.15) is 0 Å². The number of aromatic nitrogens is 1. The molecule has 0 aliphatic heterocycles. The second kappa shape index (κ2) is 3.24. The third-order valence-electron chi connectivity index (χ3n) is 2.27. The molecule has 0 aliphatic carbocycles. The predicted octanol–water partition coefficient (Wildman–Crippen LogP) is 1.53. The number of carboxylic acids is 1. The van der Waals surface area contributed by atoms with Gasteiger partial charge in [0.15, 0.2) is 0 Å². The monoisotopic (exact) mass is 203 g/mol. The molecule has 1 heterocycles. The summed E-state index contributed by atoms with van der Waals surface area (Å²) in [7, 11) is 0. The summed E-state index contributed by atoms with van der Waals surface area (Å²) in [6.07, 6.45) is 1.22. The fourth-order valence-electron chi connectivity index (χ4n) is 1.49. The average molecular weight is 203 g/mol. The number of aromatic carboxylic acids is 1. The molecule has 2 N–H and O–H groups in total. The number of rotatable bonds is 1. The quantitative estimate of drug-likeness (QED) is 0.738. The molecule has 0 spiro atoms. The van der Waals surface area contributed by atoms with Crippen molar-refractivity contribution in [3.05, 3.63) is 45.7 Å². The van der Waals surface area contributed by atoms with Crippen molar-refractivity contribution in [2.24, 2.45) is 0 Å². The number of carboxylic acid groups (broad SMARTS) is 1. The number of nitrogens with one attached hydrogen (secondary N) is 1. The lowest BCUT2D eigenvalue weighted by Gasteiger charge is -2.00. The molecule has 15 heavy (non-hydrogen) atoms. The normalized spacial score (nSPS) is 10.5. The Hall–Kier alpha value is -2.10. The molecular formula is C11H9NO3. The van der Waals surface area contributed by atoms with Crippen LogP contribution >= 0.6 is 0 Å². The van der Waals surface area contributed by atoms with Crippen LogP contribution in [0.1, 0.15) is 15.9 Å². The minimum Gasteiger partial charge on any atom is -0.477 e. The molecule has 2 rings (SSSR count). The standard InChI is InChI=1S/C11H9NO3/c1-6-2-3-9-7(4-6)10(13)8(5-12-9)11(14)15/h2-5H,1H3,(H,12,13)(H,14,15). The summed E-state index contributed by atoms with van der Waals surface area (Å²) in [5.74, 6) is -1.21. The summed E-state index contributed by atoms with van der Waals surface area (Å²) in [5, 5.41) is 9.19. The molecule has 0 atom stereocenters. The van der Waals surface area contributed by atoms with Crippen LogP contribution < -0.4 is 5.43 Å². The zero-order valence-corrected chi connectivity index (χ0v) is 8.07. The Labute approximate surface area is 85.2 Å². The summed E-state index contributed by atoms with van der Waals surface area (Å²) in [5.41, 5.74) is 0.902. The van der Waals surface area contributed by atoms with Crippen LogP contribution in [0.25, 0.3) is 10.9 Å². The van der Waals surface area contributed by atoms with Crippen molar-refractivity contribution in [2.75, 3.05) is 0 Å². The molecule has 2 aromatic rings. The Kier molecular flexibility index (Phi) is 2.04. The highest BCUT2D eigenvalue weighted by molar-refractivity contribution is 5.92. The van der Waals surface area contributed by atoms with Gasteiger partial charge in [-0.15, -0.1) is 0 Å². The molecule has 0 unspecified atom stereocenters. The fourth-order valence-corrected chi connectivity index (χ4v) is 1.49. The molecule has 1 aromatic heterocycles. The van der Waals surface area contributed by atoms with E-state index in [1.807, 2.05) is 13.0 Å². The van der Waals surface area contributed by atoms with Crippen LogP contribution in [0.3, 0.4) is 0 Å². The first-order valence-corrected chi connectivity index (χ1v) is 4.45. The van der Waals surface area contributed by atoms with Gasteiger partial charge in [0.2, 0.25) is 5.43 Å². The van der Waals surface area contributed by atoms with Gasteiger partial charge < -0.3 is 10.1 Å². The first-order valence-electron chi connectivity index (χ1n) is 4.45. The van der Waals surface area contributed by atoms with Crippen molar-refractivity contribution in [3.63, 3.8) is 0 Å². The third kappa shape index (κ3) is 1.50. The van der Waals surface area contributed by atoms with Crippen molar-refractivity contribution in [2.45, 2.75) is 6.92 Å². The van der Waals surface area contributed by atoms with Gasteiger partial charge in [-0.3, -0.25) is 4.79 Å². The fraction of sp³-hybridized carbons (Fsp3) is 0.0909. The van der Waals surface area contributed by atoms with Gasteiger partial charge in [-0.1, -0.05) is 11.6 Å². The molecule has 76 valence electrons. The van der Waals surface area contributed by atoms with E-state index in [0.717, 1.165) is 5.56 Å². The molecule has 0 amide bonds. The van der Waals surface area contributed by atoms with Crippen LogP contribution in [0.4, 0.5) is 0 Å². The van der Waals surface area contributed by atoms with Gasteiger partial charge >= 0.3 is 5.97 Å². The number of pyridine rings is 1. The van der Waals surface area contributed by atoms with Crippen LogP contribution in [0.15, 0.2) is 29.2 Å². The lowest BCUT2D eigenvalue weighted by molar-refractivity contribution is 0.0695. The molecule has 4 nitrogen and oxygen atoms in total. The first kappa shape index (κ1) is 9.45. The van der Waals surface area contributed by atoms with Crippen molar-refractivity contribution in [1.82, 2.24) is 4.98 Å². The van der Waals surface area contributed by atoms with E-state index in [4.69, 9.17) is 5.11 Å². The molecule has 1 aromatic carbocycles. The van der Waals surface area contributed by atoms with Crippen molar-refractivity contribution in [1.29, 1.82) is 0 Å². The van der Waals surface area contributed by atoms with E-state index >= 15 is 0 Å². The van der Waals surface area contributed by atoms with E-state index in [0.29, 0.717) is 10.9 Å². The summed E-state index contributed by atoms with van der Waals surface area (Å²) in [4.78, 5) is 25.2. The Bertz CT molecular complexity index is 598. The van der Waals surface area contributed by atoms with Crippen LogP contribution in [0.2, 0.25) is 0 Å². The van der Waals surface area contributed by atoms with Crippen molar-refractivity contribution < 1.29 is 9.90 Å². The number of fused-ring (bicyclic) bond motifs is 1.